The Labute approximate surface area is 232 Å². The Morgan fingerprint density at radius 1 is 0.974 bits per heavy atom. The number of aromatic hydroxyl groups is 1. The van der Waals surface area contributed by atoms with Crippen LogP contribution in [0.3, 0.4) is 0 Å². The van der Waals surface area contributed by atoms with Crippen LogP contribution >= 0.6 is 0 Å². The lowest BCUT2D eigenvalue weighted by molar-refractivity contribution is -0.121. The van der Waals surface area contributed by atoms with Crippen molar-refractivity contribution in [2.75, 3.05) is 19.8 Å². The van der Waals surface area contributed by atoms with Crippen molar-refractivity contribution in [3.8, 4) is 5.75 Å². The van der Waals surface area contributed by atoms with Crippen molar-refractivity contribution in [2.45, 2.75) is 96.6 Å². The number of halogens is 1. The van der Waals surface area contributed by atoms with Crippen LogP contribution in [0.25, 0.3) is 0 Å². The molecular weight excluding hydrogens is 495 g/mol. The van der Waals surface area contributed by atoms with Gasteiger partial charge in [0.15, 0.2) is 0 Å². The third-order valence-corrected chi connectivity index (χ3v) is 7.36. The molecule has 1 heterocycles. The van der Waals surface area contributed by atoms with Crippen LogP contribution in [0.15, 0.2) is 42.5 Å². The molecule has 1 aliphatic heterocycles. The summed E-state index contributed by atoms with van der Waals surface area (Å²) in [6.07, 6.45) is 12.3. The summed E-state index contributed by atoms with van der Waals surface area (Å²) in [6.45, 7) is 4.35. The number of nitrogens with zero attached hydrogens (tertiary/aromatic N) is 1. The van der Waals surface area contributed by atoms with Crippen LogP contribution in [-0.2, 0) is 22.5 Å². The minimum atomic E-state index is -0.436. The lowest BCUT2D eigenvalue weighted by Crippen LogP contribution is -2.46. The molecular formula is C32H45FN2O4. The first-order valence-corrected chi connectivity index (χ1v) is 14.7. The van der Waals surface area contributed by atoms with Gasteiger partial charge in [-0.25, -0.2) is 4.39 Å². The Morgan fingerprint density at radius 2 is 1.72 bits per heavy atom. The van der Waals surface area contributed by atoms with E-state index < -0.39 is 5.82 Å². The highest BCUT2D eigenvalue weighted by molar-refractivity contribution is 5.94. The third-order valence-electron chi connectivity index (χ3n) is 7.36. The van der Waals surface area contributed by atoms with Gasteiger partial charge in [0.25, 0.3) is 5.91 Å². The van der Waals surface area contributed by atoms with E-state index in [0.29, 0.717) is 38.2 Å². The molecule has 1 unspecified atom stereocenters. The number of amides is 2. The Kier molecular flexibility index (Phi) is 13.3. The molecule has 0 radical (unpaired) electrons. The van der Waals surface area contributed by atoms with Crippen molar-refractivity contribution in [1.29, 1.82) is 0 Å². The largest absolute Gasteiger partial charge is 0.508 e. The Balaban J connectivity index is 1.33. The van der Waals surface area contributed by atoms with Crippen LogP contribution in [0.2, 0.25) is 0 Å². The van der Waals surface area contributed by atoms with Gasteiger partial charge in [0, 0.05) is 31.7 Å². The van der Waals surface area contributed by atoms with E-state index in [-0.39, 0.29) is 23.6 Å². The van der Waals surface area contributed by atoms with E-state index in [2.05, 4.69) is 12.2 Å². The molecule has 0 saturated heterocycles. The number of carbonyl (C=O) groups is 2. The van der Waals surface area contributed by atoms with Gasteiger partial charge in [-0.05, 0) is 67.1 Å². The predicted molar refractivity (Wildman–Crippen MR) is 152 cm³/mol. The third kappa shape index (κ3) is 10.6. The summed E-state index contributed by atoms with van der Waals surface area (Å²) in [4.78, 5) is 26.7. The SMILES string of the molecule is CCCCNC(=O)CCCCCCCCCCOCC1Cc2ccc(O)cc2CN1C(=O)c1cccc(F)c1. The van der Waals surface area contributed by atoms with Crippen molar-refractivity contribution in [3.05, 3.63) is 65.0 Å². The Morgan fingerprint density at radius 3 is 2.46 bits per heavy atom. The topological polar surface area (TPSA) is 78.9 Å². The fraction of sp³-hybridized carbons (Fsp3) is 0.562. The van der Waals surface area contributed by atoms with Gasteiger partial charge in [-0.1, -0.05) is 64.0 Å². The van der Waals surface area contributed by atoms with Gasteiger partial charge in [0.05, 0.1) is 12.6 Å². The van der Waals surface area contributed by atoms with Gasteiger partial charge in [0.1, 0.15) is 11.6 Å². The summed E-state index contributed by atoms with van der Waals surface area (Å²) in [5.74, 6) is -0.309. The van der Waals surface area contributed by atoms with E-state index in [0.717, 1.165) is 56.2 Å². The lowest BCUT2D eigenvalue weighted by Gasteiger charge is -2.37. The quantitative estimate of drug-likeness (QED) is 0.223. The molecule has 2 N–H and O–H groups in total. The highest BCUT2D eigenvalue weighted by atomic mass is 19.1. The second-order valence-electron chi connectivity index (χ2n) is 10.6. The average molecular weight is 541 g/mol. The summed E-state index contributed by atoms with van der Waals surface area (Å²) >= 11 is 0. The number of hydrogen-bond acceptors (Lipinski definition) is 4. The number of ether oxygens (including phenoxy) is 1. The van der Waals surface area contributed by atoms with E-state index in [4.69, 9.17) is 4.74 Å². The zero-order valence-electron chi connectivity index (χ0n) is 23.4. The van der Waals surface area contributed by atoms with Gasteiger partial charge in [-0.2, -0.15) is 0 Å². The van der Waals surface area contributed by atoms with Gasteiger partial charge in [-0.15, -0.1) is 0 Å². The number of fused-ring (bicyclic) bond motifs is 1. The second-order valence-corrected chi connectivity index (χ2v) is 10.6. The van der Waals surface area contributed by atoms with Gasteiger partial charge >= 0.3 is 0 Å². The molecule has 2 aromatic rings. The minimum Gasteiger partial charge on any atom is -0.508 e. The molecule has 3 rings (SSSR count). The zero-order valence-corrected chi connectivity index (χ0v) is 23.4. The Hall–Kier alpha value is -2.93. The molecule has 0 aromatic heterocycles. The highest BCUT2D eigenvalue weighted by Crippen LogP contribution is 2.28. The molecule has 1 atom stereocenters. The second kappa shape index (κ2) is 16.9. The van der Waals surface area contributed by atoms with Gasteiger partial charge < -0.3 is 20.1 Å². The maximum Gasteiger partial charge on any atom is 0.254 e. The molecule has 39 heavy (non-hydrogen) atoms. The molecule has 0 fully saturated rings. The zero-order chi connectivity index (χ0) is 27.9. The van der Waals surface area contributed by atoms with Crippen molar-refractivity contribution in [1.82, 2.24) is 10.2 Å². The standard InChI is InChI=1S/C32H45FN2O4/c1-2-3-18-34-31(37)15-10-8-6-4-5-7-9-11-19-39-24-29-21-25-16-17-30(36)22-27(25)23-35(29)32(38)26-13-12-14-28(33)20-26/h12-14,16-17,20,22,29,36H,2-11,15,18-19,21,23-24H2,1H3,(H,34,37). The Bertz CT molecular complexity index is 1040. The summed E-state index contributed by atoms with van der Waals surface area (Å²) in [7, 11) is 0. The van der Waals surface area contributed by atoms with Crippen LogP contribution in [-0.4, -0.2) is 47.6 Å². The molecule has 2 amide bonds. The molecule has 0 bridgehead atoms. The van der Waals surface area contributed by atoms with E-state index >= 15 is 0 Å². The highest BCUT2D eigenvalue weighted by Gasteiger charge is 2.31. The van der Waals surface area contributed by atoms with Crippen LogP contribution in [0.4, 0.5) is 4.39 Å². The maximum atomic E-state index is 13.8. The molecule has 0 spiro atoms. The maximum absolute atomic E-state index is 13.8. The van der Waals surface area contributed by atoms with Crippen molar-refractivity contribution in [2.24, 2.45) is 0 Å². The van der Waals surface area contributed by atoms with E-state index in [1.54, 1.807) is 29.2 Å². The molecule has 6 nitrogen and oxygen atoms in total. The number of phenols is 1. The van der Waals surface area contributed by atoms with Gasteiger partial charge in [-0.3, -0.25) is 9.59 Å². The molecule has 0 saturated carbocycles. The summed E-state index contributed by atoms with van der Waals surface area (Å²) in [5.41, 5.74) is 2.33. The number of rotatable bonds is 17. The van der Waals surface area contributed by atoms with Crippen molar-refractivity contribution >= 4 is 11.8 Å². The number of unbranched alkanes of at least 4 members (excludes halogenated alkanes) is 8. The predicted octanol–water partition coefficient (Wildman–Crippen LogP) is 6.54. The molecule has 0 aliphatic carbocycles. The molecule has 214 valence electrons. The van der Waals surface area contributed by atoms with Crippen LogP contribution in [0, 0.1) is 5.82 Å². The smallest absolute Gasteiger partial charge is 0.254 e. The minimum absolute atomic E-state index is 0.147. The van der Waals surface area contributed by atoms with Crippen LogP contribution in [0.1, 0.15) is 99.0 Å². The first-order valence-electron chi connectivity index (χ1n) is 14.7. The lowest BCUT2D eigenvalue weighted by atomic mass is 9.93. The van der Waals surface area contributed by atoms with E-state index in [1.165, 1.54) is 37.8 Å². The number of phenolic OH excluding ortho intramolecular Hbond substituents is 1. The number of hydrogen-bond donors (Lipinski definition) is 2. The number of carbonyl (C=O) groups excluding carboxylic acids is 2. The molecule has 2 aromatic carbocycles. The van der Waals surface area contributed by atoms with Crippen LogP contribution < -0.4 is 5.32 Å². The van der Waals surface area contributed by atoms with E-state index in [9.17, 15) is 19.1 Å². The summed E-state index contributed by atoms with van der Waals surface area (Å²) < 4.78 is 19.8. The first kappa shape index (κ1) is 30.6. The summed E-state index contributed by atoms with van der Waals surface area (Å²) in [6, 6.07) is 10.9. The fourth-order valence-electron chi connectivity index (χ4n) is 5.07. The van der Waals surface area contributed by atoms with Crippen molar-refractivity contribution < 1.29 is 23.8 Å². The number of nitrogens with one attached hydrogen (secondary N) is 1. The normalized spacial score (nSPS) is 14.7. The first-order chi connectivity index (χ1) is 19.0. The monoisotopic (exact) mass is 540 g/mol. The number of benzene rings is 2. The fourth-order valence-corrected chi connectivity index (χ4v) is 5.07. The molecule has 7 heteroatoms. The van der Waals surface area contributed by atoms with E-state index in [1.807, 2.05) is 6.07 Å². The average Bonchev–Trinajstić information content (AvgIpc) is 2.93. The molecule has 1 aliphatic rings. The van der Waals surface area contributed by atoms with Gasteiger partial charge in [0.2, 0.25) is 5.91 Å². The van der Waals surface area contributed by atoms with Crippen molar-refractivity contribution in [3.63, 3.8) is 0 Å². The summed E-state index contributed by atoms with van der Waals surface area (Å²) in [5, 5.41) is 12.9. The van der Waals surface area contributed by atoms with Crippen LogP contribution in [0.5, 0.6) is 5.75 Å².